The van der Waals surface area contributed by atoms with Crippen LogP contribution in [0.3, 0.4) is 0 Å². The third-order valence-corrected chi connectivity index (χ3v) is 7.04. The molecule has 0 heterocycles. The van der Waals surface area contributed by atoms with Crippen LogP contribution in [0.1, 0.15) is 26.3 Å². The molecule has 186 valence electrons. The number of carbonyl (C=O) groups excluding carboxylic acids is 2. The molecule has 0 aromatic heterocycles. The number of nitrogens with zero attached hydrogens (tertiary/aromatic N) is 3. The largest absolute Gasteiger partial charge is 0.352 e. The lowest BCUT2D eigenvalue weighted by Gasteiger charge is -2.33. The van der Waals surface area contributed by atoms with Gasteiger partial charge in [0.25, 0.3) is 0 Å². The van der Waals surface area contributed by atoms with Crippen molar-refractivity contribution in [1.82, 2.24) is 14.5 Å². The monoisotopic (exact) mass is 492 g/mol. The molecule has 8 nitrogen and oxygen atoms in total. The first kappa shape index (κ1) is 27.3. The summed E-state index contributed by atoms with van der Waals surface area (Å²) in [6, 6.07) is 13.4. The quantitative estimate of drug-likeness (QED) is 0.522. The average molecular weight is 493 g/mol. The van der Waals surface area contributed by atoms with Crippen LogP contribution >= 0.6 is 0 Å². The number of hydrogen-bond acceptors (Lipinski definition) is 4. The first-order valence-corrected chi connectivity index (χ1v) is 12.4. The summed E-state index contributed by atoms with van der Waals surface area (Å²) in [5, 5.41) is 2.80. The van der Waals surface area contributed by atoms with Crippen LogP contribution in [-0.2, 0) is 26.2 Å². The van der Waals surface area contributed by atoms with E-state index >= 15 is 0 Å². The number of amides is 2. The van der Waals surface area contributed by atoms with Gasteiger partial charge in [0.1, 0.15) is 18.4 Å². The van der Waals surface area contributed by atoms with Gasteiger partial charge in [-0.3, -0.25) is 9.59 Å². The van der Waals surface area contributed by atoms with Crippen molar-refractivity contribution in [2.24, 2.45) is 0 Å². The van der Waals surface area contributed by atoms with E-state index in [4.69, 9.17) is 0 Å². The Morgan fingerprint density at radius 1 is 0.971 bits per heavy atom. The Morgan fingerprint density at radius 3 is 2.09 bits per heavy atom. The number of benzene rings is 2. The molecule has 0 aliphatic heterocycles. The van der Waals surface area contributed by atoms with Crippen molar-refractivity contribution in [3.8, 4) is 0 Å². The maximum Gasteiger partial charge on any atom is 0.304 e. The van der Waals surface area contributed by atoms with Gasteiger partial charge < -0.3 is 10.2 Å². The molecule has 0 saturated carbocycles. The van der Waals surface area contributed by atoms with Crippen LogP contribution in [0.25, 0.3) is 0 Å². The zero-order valence-corrected chi connectivity index (χ0v) is 21.0. The Labute approximate surface area is 201 Å². The fourth-order valence-corrected chi connectivity index (χ4v) is 4.36. The van der Waals surface area contributed by atoms with E-state index < -0.39 is 34.5 Å². The fraction of sp³-hybridized carbons (Fsp3) is 0.417. The lowest BCUT2D eigenvalue weighted by atomic mass is 10.1. The van der Waals surface area contributed by atoms with Crippen molar-refractivity contribution >= 4 is 27.7 Å². The van der Waals surface area contributed by atoms with E-state index in [1.165, 1.54) is 31.1 Å². The first-order valence-electron chi connectivity index (χ1n) is 11.0. The summed E-state index contributed by atoms with van der Waals surface area (Å²) in [5.74, 6) is -1.40. The van der Waals surface area contributed by atoms with Gasteiger partial charge in [-0.2, -0.15) is 12.7 Å². The van der Waals surface area contributed by atoms with Crippen molar-refractivity contribution in [3.63, 3.8) is 0 Å². The van der Waals surface area contributed by atoms with Crippen molar-refractivity contribution < 1.29 is 22.4 Å². The van der Waals surface area contributed by atoms with Crippen molar-refractivity contribution in [2.75, 3.05) is 31.5 Å². The minimum atomic E-state index is -4.07. The molecular formula is C24H33FN4O4S. The molecular weight excluding hydrogens is 459 g/mol. The zero-order chi connectivity index (χ0) is 25.5. The van der Waals surface area contributed by atoms with E-state index in [9.17, 15) is 22.4 Å². The molecule has 2 amide bonds. The highest BCUT2D eigenvalue weighted by atomic mass is 32.2. The highest BCUT2D eigenvalue weighted by Crippen LogP contribution is 2.21. The fourth-order valence-electron chi connectivity index (χ4n) is 3.30. The molecule has 10 heteroatoms. The normalized spacial score (nSPS) is 12.5. The second-order valence-electron chi connectivity index (χ2n) is 8.44. The van der Waals surface area contributed by atoms with Gasteiger partial charge in [0, 0.05) is 26.7 Å². The third-order valence-electron chi connectivity index (χ3n) is 5.22. The van der Waals surface area contributed by atoms with Crippen LogP contribution in [0.4, 0.5) is 10.1 Å². The number of nitrogens with one attached hydrogen (secondary N) is 1. The number of carbonyl (C=O) groups is 2. The molecule has 1 atom stereocenters. The summed E-state index contributed by atoms with van der Waals surface area (Å²) in [6.07, 6.45) is 0.489. The minimum absolute atomic E-state index is 0.120. The summed E-state index contributed by atoms with van der Waals surface area (Å²) in [7, 11) is -1.37. The predicted octanol–water partition coefficient (Wildman–Crippen LogP) is 2.42. The van der Waals surface area contributed by atoms with Gasteiger partial charge in [0.15, 0.2) is 0 Å². The average Bonchev–Trinajstić information content (AvgIpc) is 2.78. The van der Waals surface area contributed by atoms with E-state index in [1.54, 1.807) is 6.92 Å². The Kier molecular flexibility index (Phi) is 9.57. The van der Waals surface area contributed by atoms with E-state index in [0.717, 1.165) is 26.3 Å². The molecule has 0 saturated heterocycles. The minimum Gasteiger partial charge on any atom is -0.352 e. The molecule has 34 heavy (non-hydrogen) atoms. The SMILES string of the molecule is CC(C)NC(=O)[C@H](C)N(CCc1ccccc1)C(=O)CN(c1ccc(F)cc1)S(=O)(=O)N(C)C. The molecule has 0 radical (unpaired) electrons. The van der Waals surface area contributed by atoms with Gasteiger partial charge in [-0.25, -0.2) is 8.70 Å². The Bertz CT molecular complexity index is 1060. The Hall–Kier alpha value is -2.98. The molecule has 2 aromatic rings. The van der Waals surface area contributed by atoms with Gasteiger partial charge in [-0.15, -0.1) is 0 Å². The standard InChI is InChI=1S/C24H33FN4O4S/c1-18(2)26-24(31)19(3)28(16-15-20-9-7-6-8-10-20)23(30)17-29(34(32,33)27(4)5)22-13-11-21(25)12-14-22/h6-14,18-19H,15-17H2,1-5H3,(H,26,31)/t19-/m0/s1. The zero-order valence-electron chi connectivity index (χ0n) is 20.2. The molecule has 2 aromatic carbocycles. The molecule has 0 fully saturated rings. The van der Waals surface area contributed by atoms with Gasteiger partial charge in [-0.1, -0.05) is 30.3 Å². The van der Waals surface area contributed by atoms with E-state index in [1.807, 2.05) is 44.2 Å². The number of rotatable bonds is 11. The van der Waals surface area contributed by atoms with Crippen LogP contribution in [-0.4, -0.2) is 68.7 Å². The highest BCUT2D eigenvalue weighted by molar-refractivity contribution is 7.90. The summed E-state index contributed by atoms with van der Waals surface area (Å²) in [4.78, 5) is 27.6. The van der Waals surface area contributed by atoms with Gasteiger partial charge in [0.05, 0.1) is 5.69 Å². The molecule has 0 aliphatic rings. The number of anilines is 1. The topological polar surface area (TPSA) is 90.0 Å². The van der Waals surface area contributed by atoms with Crippen LogP contribution in [0.2, 0.25) is 0 Å². The summed E-state index contributed by atoms with van der Waals surface area (Å²) >= 11 is 0. The van der Waals surface area contributed by atoms with Crippen molar-refractivity contribution in [2.45, 2.75) is 39.3 Å². The molecule has 0 aliphatic carbocycles. The molecule has 0 spiro atoms. The van der Waals surface area contributed by atoms with Crippen molar-refractivity contribution in [1.29, 1.82) is 0 Å². The summed E-state index contributed by atoms with van der Waals surface area (Å²) in [6.45, 7) is 4.93. The first-order chi connectivity index (χ1) is 15.9. The number of halogens is 1. The third kappa shape index (κ3) is 7.26. The van der Waals surface area contributed by atoms with Gasteiger partial charge in [-0.05, 0) is 57.0 Å². The lowest BCUT2D eigenvalue weighted by Crippen LogP contribution is -2.54. The summed E-state index contributed by atoms with van der Waals surface area (Å²) < 4.78 is 41.4. The van der Waals surface area contributed by atoms with Crippen LogP contribution in [0, 0.1) is 5.82 Å². The maximum absolute atomic E-state index is 13.5. The Morgan fingerprint density at radius 2 is 1.56 bits per heavy atom. The predicted molar refractivity (Wildman–Crippen MR) is 131 cm³/mol. The molecule has 0 unspecified atom stereocenters. The van der Waals surface area contributed by atoms with E-state index in [2.05, 4.69) is 5.32 Å². The molecule has 2 rings (SSSR count). The van der Waals surface area contributed by atoms with Crippen molar-refractivity contribution in [3.05, 3.63) is 66.0 Å². The van der Waals surface area contributed by atoms with E-state index in [0.29, 0.717) is 6.42 Å². The summed E-state index contributed by atoms with van der Waals surface area (Å²) in [5.41, 5.74) is 1.12. The highest BCUT2D eigenvalue weighted by Gasteiger charge is 2.32. The maximum atomic E-state index is 13.5. The second kappa shape index (κ2) is 11.9. The van der Waals surface area contributed by atoms with Crippen LogP contribution in [0.5, 0.6) is 0 Å². The smallest absolute Gasteiger partial charge is 0.304 e. The second-order valence-corrected chi connectivity index (χ2v) is 10.5. The Balaban J connectivity index is 2.36. The molecule has 0 bridgehead atoms. The van der Waals surface area contributed by atoms with Crippen LogP contribution in [0.15, 0.2) is 54.6 Å². The van der Waals surface area contributed by atoms with Gasteiger partial charge >= 0.3 is 10.2 Å². The lowest BCUT2D eigenvalue weighted by molar-refractivity contribution is -0.139. The molecule has 1 N–H and O–H groups in total. The number of hydrogen-bond donors (Lipinski definition) is 1. The van der Waals surface area contributed by atoms with E-state index in [-0.39, 0.29) is 24.2 Å². The van der Waals surface area contributed by atoms with Gasteiger partial charge in [0.2, 0.25) is 11.8 Å². The van der Waals surface area contributed by atoms with Crippen LogP contribution < -0.4 is 9.62 Å².